The van der Waals surface area contributed by atoms with Crippen LogP contribution in [0.4, 0.5) is 0 Å². The summed E-state index contributed by atoms with van der Waals surface area (Å²) in [5.41, 5.74) is 8.01. The molecule has 0 saturated carbocycles. The summed E-state index contributed by atoms with van der Waals surface area (Å²) >= 11 is 0. The molecule has 0 aliphatic carbocycles. The first-order valence-corrected chi connectivity index (χ1v) is 4.92. The highest BCUT2D eigenvalue weighted by Crippen LogP contribution is 2.16. The molecule has 2 nitrogen and oxygen atoms in total. The molecule has 1 rings (SSSR count). The van der Waals surface area contributed by atoms with E-state index in [9.17, 15) is 0 Å². The van der Waals surface area contributed by atoms with Gasteiger partial charge in [-0.2, -0.15) is 0 Å². The van der Waals surface area contributed by atoms with Crippen molar-refractivity contribution in [1.82, 2.24) is 4.90 Å². The highest BCUT2D eigenvalue weighted by molar-refractivity contribution is 5.63. The van der Waals surface area contributed by atoms with Gasteiger partial charge in [-0.3, -0.25) is 0 Å². The Morgan fingerprint density at radius 1 is 1.36 bits per heavy atom. The molecular weight excluding hydrogens is 172 g/mol. The lowest BCUT2D eigenvalue weighted by atomic mass is 10.1. The van der Waals surface area contributed by atoms with Gasteiger partial charge in [-0.05, 0) is 12.5 Å². The van der Waals surface area contributed by atoms with Crippen molar-refractivity contribution in [3.05, 3.63) is 42.0 Å². The molecule has 14 heavy (non-hydrogen) atoms. The van der Waals surface area contributed by atoms with Crippen LogP contribution in [0, 0.1) is 0 Å². The first-order valence-electron chi connectivity index (χ1n) is 4.92. The van der Waals surface area contributed by atoms with E-state index in [1.54, 1.807) is 0 Å². The van der Waals surface area contributed by atoms with Gasteiger partial charge in [0.25, 0.3) is 0 Å². The van der Waals surface area contributed by atoms with Gasteiger partial charge in [0.15, 0.2) is 0 Å². The van der Waals surface area contributed by atoms with Crippen LogP contribution in [-0.4, -0.2) is 25.0 Å². The standard InChI is InChI=1S/C12H18N2/c1-3-12(14(2)10-9-13)11-7-5-4-6-8-11/h3-8H,9-10,13H2,1-2H3/b12-3-. The lowest BCUT2D eigenvalue weighted by Crippen LogP contribution is -2.24. The summed E-state index contributed by atoms with van der Waals surface area (Å²) in [6.45, 7) is 3.62. The zero-order valence-corrected chi connectivity index (χ0v) is 8.90. The summed E-state index contributed by atoms with van der Waals surface area (Å²) in [6, 6.07) is 10.4. The Labute approximate surface area is 86.0 Å². The molecule has 2 N–H and O–H groups in total. The van der Waals surface area contributed by atoms with Gasteiger partial charge in [0, 0.05) is 25.8 Å². The van der Waals surface area contributed by atoms with Gasteiger partial charge in [0.2, 0.25) is 0 Å². The van der Waals surface area contributed by atoms with E-state index in [-0.39, 0.29) is 0 Å². The van der Waals surface area contributed by atoms with Gasteiger partial charge in [-0.1, -0.05) is 36.4 Å². The predicted octanol–water partition coefficient (Wildman–Crippen LogP) is 1.94. The van der Waals surface area contributed by atoms with Crippen molar-refractivity contribution in [2.45, 2.75) is 6.92 Å². The Morgan fingerprint density at radius 2 is 2.00 bits per heavy atom. The van der Waals surface area contributed by atoms with Crippen molar-refractivity contribution in [3.63, 3.8) is 0 Å². The molecule has 0 fully saturated rings. The number of benzene rings is 1. The van der Waals surface area contributed by atoms with E-state index < -0.39 is 0 Å². The minimum atomic E-state index is 0.681. The second-order valence-corrected chi connectivity index (χ2v) is 3.25. The van der Waals surface area contributed by atoms with Crippen molar-refractivity contribution in [1.29, 1.82) is 0 Å². The number of allylic oxidation sites excluding steroid dienone is 1. The number of rotatable bonds is 4. The van der Waals surface area contributed by atoms with Gasteiger partial charge in [0.1, 0.15) is 0 Å². The van der Waals surface area contributed by atoms with Crippen LogP contribution in [0.2, 0.25) is 0 Å². The summed E-state index contributed by atoms with van der Waals surface area (Å²) < 4.78 is 0. The molecule has 0 amide bonds. The smallest absolute Gasteiger partial charge is 0.0394 e. The monoisotopic (exact) mass is 190 g/mol. The van der Waals surface area contributed by atoms with E-state index in [4.69, 9.17) is 5.73 Å². The Balaban J connectivity index is 2.83. The van der Waals surface area contributed by atoms with Crippen LogP contribution in [0.15, 0.2) is 36.4 Å². The number of likely N-dealkylation sites (N-methyl/N-ethyl adjacent to an activating group) is 1. The predicted molar refractivity (Wildman–Crippen MR) is 61.8 cm³/mol. The van der Waals surface area contributed by atoms with E-state index in [1.807, 2.05) is 6.07 Å². The fourth-order valence-electron chi connectivity index (χ4n) is 1.53. The third kappa shape index (κ3) is 2.60. The van der Waals surface area contributed by atoms with Crippen molar-refractivity contribution in [2.75, 3.05) is 20.1 Å². The van der Waals surface area contributed by atoms with Crippen LogP contribution in [0.5, 0.6) is 0 Å². The summed E-state index contributed by atoms with van der Waals surface area (Å²) in [5.74, 6) is 0. The number of nitrogens with zero attached hydrogens (tertiary/aromatic N) is 1. The topological polar surface area (TPSA) is 29.3 Å². The van der Waals surface area contributed by atoms with Crippen LogP contribution in [-0.2, 0) is 0 Å². The Kier molecular flexibility index (Phi) is 4.20. The number of nitrogens with two attached hydrogens (primary N) is 1. The third-order valence-corrected chi connectivity index (χ3v) is 2.22. The highest BCUT2D eigenvalue weighted by Gasteiger charge is 2.04. The van der Waals surface area contributed by atoms with Crippen molar-refractivity contribution in [3.8, 4) is 0 Å². The zero-order chi connectivity index (χ0) is 10.4. The molecule has 76 valence electrons. The minimum Gasteiger partial charge on any atom is -0.373 e. The molecule has 0 radical (unpaired) electrons. The largest absolute Gasteiger partial charge is 0.373 e. The average Bonchev–Trinajstić information content (AvgIpc) is 2.21. The van der Waals surface area contributed by atoms with Gasteiger partial charge in [-0.25, -0.2) is 0 Å². The summed E-state index contributed by atoms with van der Waals surface area (Å²) in [7, 11) is 2.06. The molecule has 0 atom stereocenters. The molecule has 0 saturated heterocycles. The first-order chi connectivity index (χ1) is 6.79. The van der Waals surface area contributed by atoms with Crippen molar-refractivity contribution in [2.24, 2.45) is 5.73 Å². The van der Waals surface area contributed by atoms with E-state index >= 15 is 0 Å². The Hall–Kier alpha value is -1.28. The molecular formula is C12H18N2. The average molecular weight is 190 g/mol. The molecule has 2 heteroatoms. The molecule has 0 aromatic heterocycles. The molecule has 1 aromatic rings. The molecule has 0 spiro atoms. The summed E-state index contributed by atoms with van der Waals surface area (Å²) in [5, 5.41) is 0. The maximum absolute atomic E-state index is 5.53. The fraction of sp³-hybridized carbons (Fsp3) is 0.333. The van der Waals surface area contributed by atoms with Gasteiger partial charge >= 0.3 is 0 Å². The van der Waals surface area contributed by atoms with Crippen molar-refractivity contribution >= 4 is 5.70 Å². The van der Waals surface area contributed by atoms with Crippen LogP contribution < -0.4 is 5.73 Å². The van der Waals surface area contributed by atoms with Gasteiger partial charge in [-0.15, -0.1) is 0 Å². The van der Waals surface area contributed by atoms with E-state index in [0.29, 0.717) is 6.54 Å². The number of hydrogen-bond donors (Lipinski definition) is 1. The van der Waals surface area contributed by atoms with E-state index in [2.05, 4.69) is 49.2 Å². The normalized spacial score (nSPS) is 11.5. The number of hydrogen-bond acceptors (Lipinski definition) is 2. The molecule has 1 aromatic carbocycles. The molecule has 0 aliphatic heterocycles. The van der Waals surface area contributed by atoms with E-state index in [1.165, 1.54) is 11.3 Å². The molecule has 0 bridgehead atoms. The second-order valence-electron chi connectivity index (χ2n) is 3.25. The summed E-state index contributed by atoms with van der Waals surface area (Å²) in [4.78, 5) is 2.18. The van der Waals surface area contributed by atoms with Crippen LogP contribution in [0.3, 0.4) is 0 Å². The van der Waals surface area contributed by atoms with Gasteiger partial charge < -0.3 is 10.6 Å². The van der Waals surface area contributed by atoms with Crippen molar-refractivity contribution < 1.29 is 0 Å². The quantitative estimate of drug-likeness (QED) is 0.786. The Bertz CT molecular complexity index is 290. The highest BCUT2D eigenvalue weighted by atomic mass is 15.1. The first kappa shape index (κ1) is 10.8. The van der Waals surface area contributed by atoms with Crippen LogP contribution in [0.25, 0.3) is 5.70 Å². The Morgan fingerprint density at radius 3 is 2.50 bits per heavy atom. The third-order valence-electron chi connectivity index (χ3n) is 2.22. The minimum absolute atomic E-state index is 0.681. The van der Waals surface area contributed by atoms with E-state index in [0.717, 1.165) is 6.54 Å². The fourth-order valence-corrected chi connectivity index (χ4v) is 1.53. The summed E-state index contributed by atoms with van der Waals surface area (Å²) in [6.07, 6.45) is 2.12. The SMILES string of the molecule is C/C=C(/c1ccccc1)N(C)CCN. The van der Waals surface area contributed by atoms with Crippen LogP contribution in [0.1, 0.15) is 12.5 Å². The lowest BCUT2D eigenvalue weighted by Gasteiger charge is -2.21. The second kappa shape index (κ2) is 5.45. The molecule has 0 heterocycles. The molecule has 0 unspecified atom stereocenters. The zero-order valence-electron chi connectivity index (χ0n) is 8.90. The lowest BCUT2D eigenvalue weighted by molar-refractivity contribution is 0.490. The van der Waals surface area contributed by atoms with Gasteiger partial charge in [0.05, 0.1) is 0 Å². The maximum Gasteiger partial charge on any atom is 0.0394 e. The molecule has 0 aliphatic rings. The van der Waals surface area contributed by atoms with Crippen LogP contribution >= 0.6 is 0 Å². The maximum atomic E-state index is 5.53.